The molecule has 204 valence electrons. The van der Waals surface area contributed by atoms with E-state index in [1.807, 2.05) is 18.2 Å². The molecule has 0 saturated carbocycles. The van der Waals surface area contributed by atoms with Crippen molar-refractivity contribution in [2.24, 2.45) is 0 Å². The number of likely N-dealkylation sites (N-methyl/N-ethyl adjacent to an activating group) is 1. The zero-order chi connectivity index (χ0) is 27.1. The van der Waals surface area contributed by atoms with Crippen LogP contribution >= 0.6 is 0 Å². The number of hydrogen-bond donors (Lipinski definition) is 0. The third-order valence-electron chi connectivity index (χ3n) is 7.18. The Bertz CT molecular complexity index is 1180. The van der Waals surface area contributed by atoms with Crippen molar-refractivity contribution in [3.05, 3.63) is 77.0 Å². The van der Waals surface area contributed by atoms with Gasteiger partial charge in [0.25, 0.3) is 5.91 Å². The molecule has 2 aromatic carbocycles. The fraction of sp³-hybridized carbons (Fsp3) is 0.467. The maximum atomic E-state index is 12.9. The lowest BCUT2D eigenvalue weighted by Gasteiger charge is -2.34. The van der Waals surface area contributed by atoms with Crippen molar-refractivity contribution < 1.29 is 18.7 Å². The molecule has 1 aliphatic rings. The van der Waals surface area contributed by atoms with E-state index in [2.05, 4.69) is 52.9 Å². The topological polar surface area (TPSA) is 71.3 Å². The van der Waals surface area contributed by atoms with Crippen LogP contribution in [0.15, 0.2) is 53.1 Å². The highest BCUT2D eigenvalue weighted by Gasteiger charge is 2.21. The van der Waals surface area contributed by atoms with Crippen LogP contribution in [0.4, 0.5) is 0 Å². The third kappa shape index (κ3) is 7.14. The minimum Gasteiger partial charge on any atom is -0.493 e. The molecule has 1 amide bonds. The molecule has 1 aliphatic heterocycles. The predicted octanol–water partition coefficient (Wildman–Crippen LogP) is 4.45. The van der Waals surface area contributed by atoms with Gasteiger partial charge in [-0.25, -0.2) is 4.98 Å². The Morgan fingerprint density at radius 2 is 1.58 bits per heavy atom. The summed E-state index contributed by atoms with van der Waals surface area (Å²) in [7, 11) is 5.02. The average Bonchev–Trinajstić information content (AvgIpc) is 3.40. The van der Waals surface area contributed by atoms with Crippen molar-refractivity contribution in [1.82, 2.24) is 19.7 Å². The molecular weight excluding hydrogens is 480 g/mol. The molecule has 0 unspecified atom stereocenters. The van der Waals surface area contributed by atoms with Gasteiger partial charge in [-0.3, -0.25) is 14.6 Å². The third-order valence-corrected chi connectivity index (χ3v) is 7.18. The second-order valence-electron chi connectivity index (χ2n) is 10.2. The first-order valence-corrected chi connectivity index (χ1v) is 13.3. The van der Waals surface area contributed by atoms with Crippen LogP contribution in [0.3, 0.4) is 0 Å². The summed E-state index contributed by atoms with van der Waals surface area (Å²) < 4.78 is 16.3. The number of nitrogens with zero attached hydrogens (tertiary/aromatic N) is 4. The highest BCUT2D eigenvalue weighted by atomic mass is 16.5. The van der Waals surface area contributed by atoms with E-state index in [1.54, 1.807) is 26.2 Å². The number of hydrogen-bond acceptors (Lipinski definition) is 7. The van der Waals surface area contributed by atoms with Crippen LogP contribution in [0.1, 0.15) is 52.8 Å². The maximum Gasteiger partial charge on any atom is 0.275 e. The van der Waals surface area contributed by atoms with Crippen molar-refractivity contribution in [1.29, 1.82) is 0 Å². The molecule has 0 radical (unpaired) electrons. The van der Waals surface area contributed by atoms with Gasteiger partial charge in [0.1, 0.15) is 6.26 Å². The number of aromatic nitrogens is 1. The van der Waals surface area contributed by atoms with Crippen LogP contribution in [0.2, 0.25) is 0 Å². The van der Waals surface area contributed by atoms with Gasteiger partial charge in [0.2, 0.25) is 5.89 Å². The van der Waals surface area contributed by atoms with Crippen molar-refractivity contribution >= 4 is 5.91 Å². The molecule has 1 fully saturated rings. The zero-order valence-corrected chi connectivity index (χ0v) is 23.3. The summed E-state index contributed by atoms with van der Waals surface area (Å²) in [5, 5.41) is 0. The molecule has 0 spiro atoms. The van der Waals surface area contributed by atoms with Gasteiger partial charge in [0, 0.05) is 46.3 Å². The number of amides is 1. The molecule has 0 bridgehead atoms. The van der Waals surface area contributed by atoms with Gasteiger partial charge in [0.05, 0.1) is 20.8 Å². The fourth-order valence-corrected chi connectivity index (χ4v) is 4.67. The van der Waals surface area contributed by atoms with Gasteiger partial charge in [-0.05, 0) is 41.2 Å². The van der Waals surface area contributed by atoms with E-state index in [0.29, 0.717) is 48.5 Å². The van der Waals surface area contributed by atoms with Crippen molar-refractivity contribution in [3.8, 4) is 11.5 Å². The largest absolute Gasteiger partial charge is 0.493 e. The van der Waals surface area contributed by atoms with E-state index >= 15 is 0 Å². The summed E-state index contributed by atoms with van der Waals surface area (Å²) in [5.41, 5.74) is 4.15. The number of ether oxygens (including phenoxy) is 2. The highest BCUT2D eigenvalue weighted by Crippen LogP contribution is 2.27. The number of benzene rings is 2. The summed E-state index contributed by atoms with van der Waals surface area (Å²) in [4.78, 5) is 23.9. The zero-order valence-electron chi connectivity index (χ0n) is 23.3. The van der Waals surface area contributed by atoms with Crippen LogP contribution in [-0.4, -0.2) is 79.6 Å². The summed E-state index contributed by atoms with van der Waals surface area (Å²) >= 11 is 0. The van der Waals surface area contributed by atoms with Crippen LogP contribution in [0.25, 0.3) is 0 Å². The standard InChI is InChI=1S/C30H40N4O4/c1-22(2)25-9-6-24(7-10-25)19-33-14-16-34(17-15-33)20-29-31-26(21-38-29)30(35)32(3)13-12-23-8-11-27(36-4)28(18-23)37-5/h6-11,18,21-22H,12-17,19-20H2,1-5H3. The number of carbonyl (C=O) groups is 1. The molecule has 8 nitrogen and oxygen atoms in total. The highest BCUT2D eigenvalue weighted by molar-refractivity contribution is 5.91. The van der Waals surface area contributed by atoms with Gasteiger partial charge in [0.15, 0.2) is 17.2 Å². The first kappa shape index (κ1) is 27.7. The van der Waals surface area contributed by atoms with Crippen LogP contribution in [0.5, 0.6) is 11.5 Å². The molecule has 1 saturated heterocycles. The summed E-state index contributed by atoms with van der Waals surface area (Å²) in [6, 6.07) is 14.8. The molecule has 0 N–H and O–H groups in total. The summed E-state index contributed by atoms with van der Waals surface area (Å²) in [6.45, 7) is 10.5. The second kappa shape index (κ2) is 12.9. The monoisotopic (exact) mass is 520 g/mol. The van der Waals surface area contributed by atoms with Gasteiger partial charge >= 0.3 is 0 Å². The summed E-state index contributed by atoms with van der Waals surface area (Å²) in [6.07, 6.45) is 2.17. The molecule has 4 rings (SSSR count). The lowest BCUT2D eigenvalue weighted by atomic mass is 10.0. The Morgan fingerprint density at radius 1 is 0.947 bits per heavy atom. The number of methoxy groups -OCH3 is 2. The molecule has 1 aromatic heterocycles. The van der Waals surface area contributed by atoms with E-state index in [9.17, 15) is 4.79 Å². The maximum absolute atomic E-state index is 12.9. The minimum absolute atomic E-state index is 0.145. The minimum atomic E-state index is -0.145. The van der Waals surface area contributed by atoms with Crippen molar-refractivity contribution in [2.45, 2.75) is 39.3 Å². The van der Waals surface area contributed by atoms with Crippen molar-refractivity contribution in [2.75, 3.05) is 54.0 Å². The quantitative estimate of drug-likeness (QED) is 0.370. The Hall–Kier alpha value is -3.36. The second-order valence-corrected chi connectivity index (χ2v) is 10.2. The van der Waals surface area contributed by atoms with E-state index in [4.69, 9.17) is 13.9 Å². The van der Waals surface area contributed by atoms with Gasteiger partial charge in [-0.15, -0.1) is 0 Å². The first-order chi connectivity index (χ1) is 18.4. The lowest BCUT2D eigenvalue weighted by molar-refractivity contribution is 0.0790. The number of rotatable bonds is 11. The number of piperazine rings is 1. The smallest absolute Gasteiger partial charge is 0.275 e. The molecular formula is C30H40N4O4. The van der Waals surface area contributed by atoms with Crippen molar-refractivity contribution in [3.63, 3.8) is 0 Å². The Labute approximate surface area is 226 Å². The molecule has 2 heterocycles. The molecule has 0 atom stereocenters. The Morgan fingerprint density at radius 3 is 2.21 bits per heavy atom. The van der Waals surface area contributed by atoms with E-state index in [1.165, 1.54) is 17.4 Å². The molecule has 8 heteroatoms. The molecule has 38 heavy (non-hydrogen) atoms. The lowest BCUT2D eigenvalue weighted by Crippen LogP contribution is -2.45. The Balaban J connectivity index is 1.22. The van der Waals surface area contributed by atoms with Crippen LogP contribution < -0.4 is 9.47 Å². The Kier molecular flexibility index (Phi) is 9.42. The van der Waals surface area contributed by atoms with Gasteiger partial charge < -0.3 is 18.8 Å². The van der Waals surface area contributed by atoms with E-state index in [-0.39, 0.29) is 5.91 Å². The predicted molar refractivity (Wildman–Crippen MR) is 148 cm³/mol. The fourth-order valence-electron chi connectivity index (χ4n) is 4.67. The normalized spacial score (nSPS) is 14.6. The van der Waals surface area contributed by atoms with Crippen LogP contribution in [0, 0.1) is 0 Å². The van der Waals surface area contributed by atoms with E-state index in [0.717, 1.165) is 38.3 Å². The van der Waals surface area contributed by atoms with Gasteiger partial charge in [-0.1, -0.05) is 44.2 Å². The molecule has 3 aromatic rings. The van der Waals surface area contributed by atoms with E-state index < -0.39 is 0 Å². The van der Waals surface area contributed by atoms with Gasteiger partial charge in [-0.2, -0.15) is 0 Å². The summed E-state index contributed by atoms with van der Waals surface area (Å²) in [5.74, 6) is 2.37. The first-order valence-electron chi connectivity index (χ1n) is 13.3. The van der Waals surface area contributed by atoms with Crippen LogP contribution in [-0.2, 0) is 19.5 Å². The number of oxazole rings is 1. The number of carbonyl (C=O) groups excluding carboxylic acids is 1. The average molecular weight is 521 g/mol. The molecule has 0 aliphatic carbocycles. The SMILES string of the molecule is COc1ccc(CCN(C)C(=O)c2coc(CN3CCN(Cc4ccc(C(C)C)cc4)CC3)n2)cc1OC.